The lowest BCUT2D eigenvalue weighted by Gasteiger charge is -2.68. The predicted molar refractivity (Wildman–Crippen MR) is 351 cm³/mol. The zero-order valence-electron chi connectivity index (χ0n) is 55.8. The lowest BCUT2D eigenvalue weighted by Crippen LogP contribution is -2.77. The van der Waals surface area contributed by atoms with E-state index in [-0.39, 0.29) is 68.4 Å². The molecule has 4 aromatic carbocycles. The summed E-state index contributed by atoms with van der Waals surface area (Å²) in [5, 5.41) is 36.5. The molecule has 0 aromatic heterocycles. The number of carbonyl (C=O) groups is 11. The monoisotopic (exact) mass is 1360 g/mol. The number of Topliss-reactive ketones (excluding diaryl/α,β-unsaturated/α-hetero) is 2. The van der Waals surface area contributed by atoms with Crippen LogP contribution in [0.1, 0.15) is 151 Å². The maximum absolute atomic E-state index is 15.5. The topological polar surface area (TPSA) is 365 Å². The second-order valence-electron chi connectivity index (χ2n) is 26.9. The summed E-state index contributed by atoms with van der Waals surface area (Å²) in [7, 11) is 0. The summed E-state index contributed by atoms with van der Waals surface area (Å²) >= 11 is 0. The van der Waals surface area contributed by atoms with Crippen LogP contribution in [0, 0.1) is 45.6 Å². The van der Waals surface area contributed by atoms with Crippen LogP contribution in [-0.2, 0) is 62.1 Å². The molecule has 25 heteroatoms. The first-order chi connectivity index (χ1) is 46.3. The number of hydrogen-bond donors (Lipinski definition) is 8. The number of amides is 6. The second-order valence-corrected chi connectivity index (χ2v) is 26.9. The van der Waals surface area contributed by atoms with E-state index in [1.165, 1.54) is 19.1 Å². The minimum absolute atomic E-state index is 0.0225. The number of unbranched alkanes of at least 4 members (excludes halogenated alkanes) is 1. The molecule has 2 unspecified atom stereocenters. The molecule has 6 amide bonds. The lowest BCUT2D eigenvalue weighted by molar-refractivity contribution is -0.312. The van der Waals surface area contributed by atoms with Crippen molar-refractivity contribution in [2.45, 2.75) is 167 Å². The van der Waals surface area contributed by atoms with Gasteiger partial charge in [-0.1, -0.05) is 94.4 Å². The van der Waals surface area contributed by atoms with Crippen molar-refractivity contribution in [3.05, 3.63) is 160 Å². The first-order valence-electron chi connectivity index (χ1n) is 32.8. The molecular weight excluding hydrogens is 1270 g/mol. The number of aliphatic hydroxyl groups excluding tert-OH is 1. The highest BCUT2D eigenvalue weighted by molar-refractivity contribution is 5.98. The van der Waals surface area contributed by atoms with E-state index in [0.29, 0.717) is 22.8 Å². The third-order valence-corrected chi connectivity index (χ3v) is 20.1. The van der Waals surface area contributed by atoms with Crippen LogP contribution < -0.4 is 32.7 Å². The van der Waals surface area contributed by atoms with E-state index >= 15 is 9.59 Å². The number of ketones is 2. The molecule has 4 aliphatic rings. The number of nitrogens with two attached hydrogens (primary N) is 2. The van der Waals surface area contributed by atoms with Gasteiger partial charge in [0, 0.05) is 90.5 Å². The Labute approximate surface area is 566 Å². The molecule has 1 aliphatic heterocycles. The van der Waals surface area contributed by atoms with E-state index < -0.39 is 190 Å². The van der Waals surface area contributed by atoms with Gasteiger partial charge in [-0.2, -0.15) is 0 Å². The van der Waals surface area contributed by atoms with E-state index in [0.717, 1.165) is 24.3 Å². The quantitative estimate of drug-likeness (QED) is 0.0100. The lowest BCUT2D eigenvalue weighted by atomic mass is 9.41. The molecule has 10 N–H and O–H groups in total. The number of halogens is 2. The standard InChI is InChI=1S/C73H86F2N6O17/c1-40-52(38-73(94)64(98-68(92)46-23-15-10-16-24-46)62-71(6)39-95-54(71)37-53(83)72(62,7)63(88)41(2)59(40)70(73,4)5)96-69(93)61(60(44-19-11-8-12-20-44)81-67(91)45-21-13-9-14-22-45)97-58(87)33-32-55(84)78-34-18-17-25-50(66(77)90)80-57(86)31-28-47(65(76)89)35-51(82)42(3)79-56(85)30-27-43-26-29-48(74)36-49(43)75/h8-16,19-24,26-27,29-30,36,41-42,47,50,52-54,60-62,64,83,94H,17-18,25,28,31-35,37-39H2,1-7H3,(H2,76,89)(H2,77,90)(H,78,84)(H,79,85)(H,80,86)(H,81,91)/b30-27+/t41-,42?,47-,50?,52+,53+,54-,60-,61-,62-,64+,71-,72-,73-/m1/s1. The Morgan fingerprint density at radius 2 is 1.42 bits per heavy atom. The van der Waals surface area contributed by atoms with Gasteiger partial charge >= 0.3 is 17.9 Å². The first-order valence-corrected chi connectivity index (χ1v) is 32.8. The van der Waals surface area contributed by atoms with Crippen LogP contribution in [0.2, 0.25) is 0 Å². The van der Waals surface area contributed by atoms with Crippen molar-refractivity contribution in [2.24, 2.45) is 45.5 Å². The number of aliphatic hydroxyl groups is 2. The third kappa shape index (κ3) is 16.4. The Morgan fingerprint density at radius 3 is 2.03 bits per heavy atom. The van der Waals surface area contributed by atoms with Crippen LogP contribution in [0.5, 0.6) is 0 Å². The minimum Gasteiger partial charge on any atom is -0.455 e. The summed E-state index contributed by atoms with van der Waals surface area (Å²) in [5.74, 6) is -13.5. The summed E-state index contributed by atoms with van der Waals surface area (Å²) in [6.07, 6.45) is -6.65. The molecule has 3 fully saturated rings. The number of primary amides is 2. The Kier molecular flexibility index (Phi) is 23.9. The smallest absolute Gasteiger partial charge is 0.350 e. The van der Waals surface area contributed by atoms with Crippen LogP contribution in [0.4, 0.5) is 8.78 Å². The fourth-order valence-electron chi connectivity index (χ4n) is 14.5. The van der Waals surface area contributed by atoms with Crippen molar-refractivity contribution in [3.8, 4) is 0 Å². The predicted octanol–water partition coefficient (Wildman–Crippen LogP) is 6.07. The van der Waals surface area contributed by atoms with E-state index in [9.17, 15) is 62.1 Å². The molecule has 14 atom stereocenters. The number of fused-ring (bicyclic) bond motifs is 5. The van der Waals surface area contributed by atoms with Gasteiger partial charge in [-0.3, -0.25) is 43.2 Å². The maximum Gasteiger partial charge on any atom is 0.350 e. The highest BCUT2D eigenvalue weighted by atomic mass is 19.1. The van der Waals surface area contributed by atoms with Crippen molar-refractivity contribution in [1.29, 1.82) is 0 Å². The van der Waals surface area contributed by atoms with Crippen molar-refractivity contribution >= 4 is 71.0 Å². The first kappa shape index (κ1) is 74.5. The van der Waals surface area contributed by atoms with Gasteiger partial charge in [-0.25, -0.2) is 18.4 Å². The van der Waals surface area contributed by atoms with Crippen LogP contribution in [0.25, 0.3) is 6.08 Å². The van der Waals surface area contributed by atoms with Crippen molar-refractivity contribution in [2.75, 3.05) is 13.2 Å². The molecule has 4 aromatic rings. The van der Waals surface area contributed by atoms with E-state index in [1.807, 2.05) is 6.92 Å². The Hall–Kier alpha value is -9.33. The van der Waals surface area contributed by atoms with Gasteiger partial charge < -0.3 is 61.9 Å². The minimum atomic E-state index is -2.17. The van der Waals surface area contributed by atoms with Crippen molar-refractivity contribution in [3.63, 3.8) is 0 Å². The van der Waals surface area contributed by atoms with Gasteiger partial charge in [0.15, 0.2) is 5.78 Å². The molecular formula is C73H86F2N6O17. The fourth-order valence-corrected chi connectivity index (χ4v) is 14.5. The highest BCUT2D eigenvalue weighted by Crippen LogP contribution is 2.66. The van der Waals surface area contributed by atoms with Gasteiger partial charge in [-0.15, -0.1) is 0 Å². The van der Waals surface area contributed by atoms with Crippen LogP contribution in [-0.4, -0.2) is 136 Å². The molecule has 0 spiro atoms. The third-order valence-electron chi connectivity index (χ3n) is 20.1. The molecule has 98 heavy (non-hydrogen) atoms. The zero-order valence-corrected chi connectivity index (χ0v) is 55.8. The highest BCUT2D eigenvalue weighted by Gasteiger charge is 2.75. The summed E-state index contributed by atoms with van der Waals surface area (Å²) in [6, 6.07) is 23.3. The summed E-state index contributed by atoms with van der Waals surface area (Å²) in [4.78, 5) is 150. The van der Waals surface area contributed by atoms with Gasteiger partial charge in [0.05, 0.1) is 42.3 Å². The largest absolute Gasteiger partial charge is 0.455 e. The van der Waals surface area contributed by atoms with E-state index in [4.69, 9.17) is 30.4 Å². The number of nitrogens with one attached hydrogen (secondary N) is 4. The molecule has 1 saturated heterocycles. The van der Waals surface area contributed by atoms with Gasteiger partial charge in [0.25, 0.3) is 5.91 Å². The average Bonchev–Trinajstić information content (AvgIpc) is 0.674. The number of carbonyl (C=O) groups excluding carboxylic acids is 11. The fraction of sp³-hybridized carbons (Fsp3) is 0.466. The molecule has 0 radical (unpaired) electrons. The molecule has 3 aliphatic carbocycles. The van der Waals surface area contributed by atoms with Crippen molar-refractivity contribution in [1.82, 2.24) is 21.3 Å². The molecule has 8 rings (SSSR count). The molecule has 524 valence electrons. The van der Waals surface area contributed by atoms with Crippen molar-refractivity contribution < 1.29 is 90.7 Å². The summed E-state index contributed by atoms with van der Waals surface area (Å²) in [6.45, 7) is 11.8. The second kappa shape index (κ2) is 31.5. The number of hydrogen-bond acceptors (Lipinski definition) is 17. The number of ether oxygens (including phenoxy) is 4. The number of esters is 3. The average molecular weight is 1360 g/mol. The number of rotatable bonds is 29. The Morgan fingerprint density at radius 1 is 0.776 bits per heavy atom. The van der Waals surface area contributed by atoms with Gasteiger partial charge in [0.1, 0.15) is 47.3 Å². The molecule has 23 nitrogen and oxygen atoms in total. The molecule has 1 heterocycles. The van der Waals surface area contributed by atoms with Gasteiger partial charge in [0.2, 0.25) is 35.6 Å². The summed E-state index contributed by atoms with van der Waals surface area (Å²) in [5.41, 5.74) is 6.34. The zero-order chi connectivity index (χ0) is 71.6. The normalized spacial score (nSPS) is 25.3. The number of benzene rings is 4. The molecule has 2 bridgehead atoms. The van der Waals surface area contributed by atoms with Crippen LogP contribution in [0.3, 0.4) is 0 Å². The van der Waals surface area contributed by atoms with E-state index in [2.05, 4.69) is 21.3 Å². The molecule has 2 saturated carbocycles. The summed E-state index contributed by atoms with van der Waals surface area (Å²) < 4.78 is 52.4. The SMILES string of the molecule is CC1=C2[C@@H](C)C(=O)[C@@]3(C)[C@H]([C@H](OC(=O)c4ccccc4)[C@](O)(C[C@@H]1OC(=O)[C@H](OC(=O)CCC(=O)NCCCCC(NC(=O)CC[C@H](CC(=O)C(C)NC(=O)/C=C/c1ccc(F)cc1F)C(N)=O)C(N)=O)[C@H](NC(=O)c1ccccc1)c1ccccc1)C2(C)C)[C@]1(C)CO[C@@H]1C[C@@H]3O. The van der Waals surface area contributed by atoms with E-state index in [1.54, 1.807) is 113 Å². The Balaban J connectivity index is 0.929. The Bertz CT molecular complexity index is 3740. The van der Waals surface area contributed by atoms with Crippen LogP contribution in [0.15, 0.2) is 126 Å². The van der Waals surface area contributed by atoms with Crippen LogP contribution >= 0.6 is 0 Å². The maximum atomic E-state index is 15.5. The van der Waals surface area contributed by atoms with Gasteiger partial charge in [-0.05, 0) is 106 Å².